The van der Waals surface area contributed by atoms with Gasteiger partial charge in [-0.05, 0) is 42.7 Å². The smallest absolute Gasteiger partial charge is 0.290 e. The van der Waals surface area contributed by atoms with Crippen molar-refractivity contribution in [3.63, 3.8) is 0 Å². The molecule has 3 heterocycles. The van der Waals surface area contributed by atoms with Crippen LogP contribution in [0.4, 0.5) is 4.39 Å². The lowest BCUT2D eigenvalue weighted by Gasteiger charge is -2.28. The van der Waals surface area contributed by atoms with Crippen LogP contribution in [0.5, 0.6) is 0 Å². The molecule has 0 saturated carbocycles. The highest BCUT2D eigenvalue weighted by Crippen LogP contribution is 2.39. The second-order valence-corrected chi connectivity index (χ2v) is 6.62. The molecule has 2 aliphatic rings. The predicted octanol–water partition coefficient (Wildman–Crippen LogP) is 3.18. The van der Waals surface area contributed by atoms with E-state index in [-0.39, 0.29) is 24.0 Å². The topological polar surface area (TPSA) is 80.0 Å². The van der Waals surface area contributed by atoms with E-state index in [2.05, 4.69) is 0 Å². The van der Waals surface area contributed by atoms with Gasteiger partial charge < -0.3 is 19.2 Å². The van der Waals surface area contributed by atoms with Gasteiger partial charge in [-0.15, -0.1) is 0 Å². The van der Waals surface area contributed by atoms with Crippen molar-refractivity contribution >= 4 is 11.7 Å². The number of aliphatic hydroxyl groups excluding tert-OH is 1. The first-order valence-corrected chi connectivity index (χ1v) is 8.75. The first kappa shape index (κ1) is 17.5. The number of ketones is 1. The van der Waals surface area contributed by atoms with E-state index in [9.17, 15) is 19.1 Å². The van der Waals surface area contributed by atoms with Gasteiger partial charge in [0.2, 0.25) is 5.78 Å². The molecule has 1 aromatic carbocycles. The normalized spacial score (nSPS) is 22.7. The van der Waals surface area contributed by atoms with E-state index in [4.69, 9.17) is 9.15 Å². The summed E-state index contributed by atoms with van der Waals surface area (Å²) in [6.07, 6.45) is 2.82. The summed E-state index contributed by atoms with van der Waals surface area (Å²) < 4.78 is 24.6. The quantitative estimate of drug-likeness (QED) is 0.817. The van der Waals surface area contributed by atoms with Crippen molar-refractivity contribution in [2.75, 3.05) is 13.2 Å². The minimum Gasteiger partial charge on any atom is -0.503 e. The Hall–Kier alpha value is -2.93. The Kier molecular flexibility index (Phi) is 4.53. The highest BCUT2D eigenvalue weighted by Gasteiger charge is 2.45. The predicted molar refractivity (Wildman–Crippen MR) is 92.5 cm³/mol. The summed E-state index contributed by atoms with van der Waals surface area (Å²) in [5, 5.41) is 10.5. The van der Waals surface area contributed by atoms with Gasteiger partial charge in [0.25, 0.3) is 5.91 Å². The SMILES string of the molecule is O=C(C1=C(O)C(=O)N(C[C@@H]2CCCO2)[C@H]1c1cccc(F)c1)c1ccco1. The minimum atomic E-state index is -0.907. The van der Waals surface area contributed by atoms with E-state index in [1.165, 1.54) is 35.4 Å². The number of Topliss-reactive ketones (excluding diaryl/α,β-unsaturated/α-hetero) is 1. The fourth-order valence-electron chi connectivity index (χ4n) is 3.65. The number of amides is 1. The number of halogens is 1. The Labute approximate surface area is 154 Å². The Balaban J connectivity index is 1.76. The molecule has 2 aliphatic heterocycles. The third-order valence-corrected chi connectivity index (χ3v) is 4.88. The van der Waals surface area contributed by atoms with E-state index in [0.29, 0.717) is 12.2 Å². The Bertz CT molecular complexity index is 899. The number of ether oxygens (including phenoxy) is 1. The lowest BCUT2D eigenvalue weighted by Crippen LogP contribution is -2.37. The molecule has 1 fully saturated rings. The molecule has 4 rings (SSSR count). The highest BCUT2D eigenvalue weighted by molar-refractivity contribution is 6.15. The molecule has 0 bridgehead atoms. The van der Waals surface area contributed by atoms with Crippen LogP contribution in [0.1, 0.15) is 35.0 Å². The van der Waals surface area contributed by atoms with Gasteiger partial charge in [-0.25, -0.2) is 4.39 Å². The lowest BCUT2D eigenvalue weighted by molar-refractivity contribution is -0.131. The van der Waals surface area contributed by atoms with Crippen LogP contribution in [0.25, 0.3) is 0 Å². The molecule has 0 radical (unpaired) electrons. The van der Waals surface area contributed by atoms with Gasteiger partial charge in [0, 0.05) is 13.2 Å². The van der Waals surface area contributed by atoms with E-state index < -0.39 is 29.3 Å². The fourth-order valence-corrected chi connectivity index (χ4v) is 3.65. The van der Waals surface area contributed by atoms with Crippen LogP contribution in [-0.2, 0) is 9.53 Å². The second-order valence-electron chi connectivity index (χ2n) is 6.62. The van der Waals surface area contributed by atoms with Crippen LogP contribution >= 0.6 is 0 Å². The average molecular weight is 371 g/mol. The monoisotopic (exact) mass is 371 g/mol. The summed E-state index contributed by atoms with van der Waals surface area (Å²) in [4.78, 5) is 27.0. The zero-order valence-electron chi connectivity index (χ0n) is 14.4. The molecule has 0 spiro atoms. The first-order chi connectivity index (χ1) is 13.1. The van der Waals surface area contributed by atoms with Gasteiger partial charge in [-0.2, -0.15) is 0 Å². The lowest BCUT2D eigenvalue weighted by atomic mass is 9.95. The third-order valence-electron chi connectivity index (χ3n) is 4.88. The molecule has 1 saturated heterocycles. The van der Waals surface area contributed by atoms with Crippen LogP contribution in [0.2, 0.25) is 0 Å². The van der Waals surface area contributed by atoms with E-state index in [0.717, 1.165) is 12.8 Å². The van der Waals surface area contributed by atoms with E-state index in [1.807, 2.05) is 0 Å². The van der Waals surface area contributed by atoms with Crippen LogP contribution in [0, 0.1) is 5.82 Å². The third kappa shape index (κ3) is 3.14. The molecule has 6 nitrogen and oxygen atoms in total. The maximum atomic E-state index is 13.8. The second kappa shape index (κ2) is 7.00. The Morgan fingerprint density at radius 1 is 1.30 bits per heavy atom. The zero-order valence-corrected chi connectivity index (χ0v) is 14.4. The summed E-state index contributed by atoms with van der Waals surface area (Å²) in [6, 6.07) is 7.76. The maximum absolute atomic E-state index is 13.8. The number of hydrogen-bond acceptors (Lipinski definition) is 5. The molecular formula is C20H18FNO5. The standard InChI is InChI=1S/C20H18FNO5/c21-13-5-1-4-12(10-13)17-16(18(23)15-7-3-9-27-15)19(24)20(25)22(17)11-14-6-2-8-26-14/h1,3-5,7,9-10,14,17,24H,2,6,8,11H2/t14-,17-/m0/s1. The fraction of sp³-hybridized carbons (Fsp3) is 0.300. The number of nitrogens with zero attached hydrogens (tertiary/aromatic N) is 1. The summed E-state index contributed by atoms with van der Waals surface area (Å²) in [7, 11) is 0. The van der Waals surface area contributed by atoms with Crippen LogP contribution < -0.4 is 0 Å². The highest BCUT2D eigenvalue weighted by atomic mass is 19.1. The van der Waals surface area contributed by atoms with Crippen LogP contribution in [0.15, 0.2) is 58.4 Å². The molecule has 1 aromatic heterocycles. The molecule has 1 N–H and O–H groups in total. The molecular weight excluding hydrogens is 353 g/mol. The van der Waals surface area contributed by atoms with Crippen LogP contribution in [-0.4, -0.2) is 41.0 Å². The van der Waals surface area contributed by atoms with E-state index in [1.54, 1.807) is 12.1 Å². The molecule has 27 heavy (non-hydrogen) atoms. The number of carbonyl (C=O) groups is 2. The van der Waals surface area contributed by atoms with Gasteiger partial charge in [0.1, 0.15) is 5.82 Å². The molecule has 140 valence electrons. The van der Waals surface area contributed by atoms with Crippen molar-refractivity contribution in [3.8, 4) is 0 Å². The number of aliphatic hydroxyl groups is 1. The van der Waals surface area contributed by atoms with Gasteiger partial charge >= 0.3 is 0 Å². The number of carbonyl (C=O) groups excluding carboxylic acids is 2. The molecule has 1 amide bonds. The molecule has 7 heteroatoms. The van der Waals surface area contributed by atoms with Gasteiger partial charge in [0.15, 0.2) is 11.5 Å². The molecule has 2 aromatic rings. The van der Waals surface area contributed by atoms with Gasteiger partial charge in [-0.1, -0.05) is 12.1 Å². The molecule has 0 aliphatic carbocycles. The number of hydrogen-bond donors (Lipinski definition) is 1. The molecule has 2 atom stereocenters. The number of benzene rings is 1. The van der Waals surface area contributed by atoms with Crippen molar-refractivity contribution in [1.29, 1.82) is 0 Å². The van der Waals surface area contributed by atoms with Crippen LogP contribution in [0.3, 0.4) is 0 Å². The zero-order chi connectivity index (χ0) is 19.0. The first-order valence-electron chi connectivity index (χ1n) is 8.75. The largest absolute Gasteiger partial charge is 0.503 e. The number of rotatable bonds is 5. The number of furan rings is 1. The Morgan fingerprint density at radius 2 is 2.15 bits per heavy atom. The van der Waals surface area contributed by atoms with Crippen molar-refractivity contribution in [1.82, 2.24) is 4.90 Å². The minimum absolute atomic E-state index is 0.00437. The molecule has 0 unspecified atom stereocenters. The van der Waals surface area contributed by atoms with Crippen molar-refractivity contribution < 1.29 is 28.2 Å². The van der Waals surface area contributed by atoms with Crippen molar-refractivity contribution in [3.05, 3.63) is 71.1 Å². The summed E-state index contributed by atoms with van der Waals surface area (Å²) >= 11 is 0. The summed E-state index contributed by atoms with van der Waals surface area (Å²) in [5.41, 5.74) is 0.291. The van der Waals surface area contributed by atoms with E-state index >= 15 is 0 Å². The summed E-state index contributed by atoms with van der Waals surface area (Å²) in [6.45, 7) is 0.813. The van der Waals surface area contributed by atoms with Crippen molar-refractivity contribution in [2.24, 2.45) is 0 Å². The maximum Gasteiger partial charge on any atom is 0.290 e. The van der Waals surface area contributed by atoms with Gasteiger partial charge in [0.05, 0.1) is 24.0 Å². The van der Waals surface area contributed by atoms with Gasteiger partial charge in [-0.3, -0.25) is 9.59 Å². The summed E-state index contributed by atoms with van der Waals surface area (Å²) in [5.74, 6) is -2.40. The average Bonchev–Trinajstić information content (AvgIpc) is 3.40. The van der Waals surface area contributed by atoms with Crippen molar-refractivity contribution in [2.45, 2.75) is 25.0 Å². The Morgan fingerprint density at radius 3 is 2.81 bits per heavy atom.